The molecule has 0 unspecified atom stereocenters. The van der Waals surface area contributed by atoms with Crippen molar-refractivity contribution in [3.8, 4) is 0 Å². The predicted molar refractivity (Wildman–Crippen MR) is 54.1 cm³/mol. The number of ether oxygens (including phenoxy) is 1. The average molecular weight is 202 g/mol. The molecule has 0 atom stereocenters. The molecule has 1 N–H and O–H groups in total. The summed E-state index contributed by atoms with van der Waals surface area (Å²) in [6, 6.07) is 0. The Morgan fingerprint density at radius 2 is 2.46 bits per heavy atom. The summed E-state index contributed by atoms with van der Waals surface area (Å²) in [5, 5.41) is 3.24. The van der Waals surface area contributed by atoms with Crippen molar-refractivity contribution in [3.63, 3.8) is 0 Å². The maximum Gasteiger partial charge on any atom is 0.413 e. The van der Waals surface area contributed by atoms with E-state index in [0.717, 1.165) is 6.54 Å². The van der Waals surface area contributed by atoms with Crippen LogP contribution in [0.3, 0.4) is 0 Å². The van der Waals surface area contributed by atoms with Crippen LogP contribution in [0.15, 0.2) is 4.99 Å². The van der Waals surface area contributed by atoms with Crippen LogP contribution in [0.1, 0.15) is 20.8 Å². The lowest BCUT2D eigenvalue weighted by Crippen LogP contribution is -2.29. The molecule has 0 aromatic heterocycles. The van der Waals surface area contributed by atoms with Gasteiger partial charge in [-0.1, -0.05) is 11.8 Å². The van der Waals surface area contributed by atoms with Gasteiger partial charge < -0.3 is 4.74 Å². The number of carbonyl (C=O) groups excluding carboxylic acids is 1. The van der Waals surface area contributed by atoms with Gasteiger partial charge in [0.25, 0.3) is 0 Å². The molecule has 0 saturated heterocycles. The van der Waals surface area contributed by atoms with Crippen molar-refractivity contribution in [1.82, 2.24) is 5.32 Å². The monoisotopic (exact) mass is 202 g/mol. The highest BCUT2D eigenvalue weighted by Crippen LogP contribution is 2.30. The van der Waals surface area contributed by atoms with E-state index in [2.05, 4.69) is 24.2 Å². The van der Waals surface area contributed by atoms with Crippen LogP contribution in [0.4, 0.5) is 4.79 Å². The SMILES string of the molecule is CCOC(=O)NC1=NCC(C)(C)S1. The molecule has 1 aliphatic rings. The first-order valence-electron chi connectivity index (χ1n) is 4.21. The molecule has 1 heterocycles. The fourth-order valence-corrected chi connectivity index (χ4v) is 1.82. The third-order valence-corrected chi connectivity index (χ3v) is 2.57. The van der Waals surface area contributed by atoms with Gasteiger partial charge in [0.2, 0.25) is 0 Å². The van der Waals surface area contributed by atoms with E-state index < -0.39 is 6.09 Å². The number of carbonyl (C=O) groups is 1. The molecule has 0 fully saturated rings. The molecule has 1 rings (SSSR count). The number of aliphatic imine (C=N–C) groups is 1. The fourth-order valence-electron chi connectivity index (χ4n) is 0.908. The Bertz CT molecular complexity index is 238. The molecule has 0 aromatic rings. The number of amidine groups is 1. The number of nitrogens with zero attached hydrogens (tertiary/aromatic N) is 1. The Hall–Kier alpha value is -0.710. The largest absolute Gasteiger partial charge is 0.450 e. The Morgan fingerprint density at radius 3 is 2.92 bits per heavy atom. The van der Waals surface area contributed by atoms with Gasteiger partial charge in [0.1, 0.15) is 0 Å². The van der Waals surface area contributed by atoms with Crippen LogP contribution >= 0.6 is 11.8 Å². The first-order chi connectivity index (χ1) is 6.03. The maximum absolute atomic E-state index is 11.0. The maximum atomic E-state index is 11.0. The Kier molecular flexibility index (Phi) is 3.19. The standard InChI is InChI=1S/C8H14N2O2S/c1-4-12-7(11)10-6-9-5-8(2,3)13-6/h4-5H2,1-3H3,(H,9,10,11). The third kappa shape index (κ3) is 3.26. The van der Waals surface area contributed by atoms with Crippen molar-refractivity contribution in [3.05, 3.63) is 0 Å². The molecule has 1 aliphatic heterocycles. The highest BCUT2D eigenvalue weighted by atomic mass is 32.2. The smallest absolute Gasteiger partial charge is 0.413 e. The number of amides is 1. The number of nitrogens with one attached hydrogen (secondary N) is 1. The molecule has 0 aromatic carbocycles. The molecule has 0 aliphatic carbocycles. The number of hydrogen-bond acceptors (Lipinski definition) is 4. The quantitative estimate of drug-likeness (QED) is 0.703. The van der Waals surface area contributed by atoms with Crippen LogP contribution in [-0.4, -0.2) is 29.2 Å². The second-order valence-corrected chi connectivity index (χ2v) is 5.02. The van der Waals surface area contributed by atoms with E-state index in [-0.39, 0.29) is 4.75 Å². The number of thioether (sulfide) groups is 1. The number of rotatable bonds is 1. The lowest BCUT2D eigenvalue weighted by Gasteiger charge is -2.13. The zero-order chi connectivity index (χ0) is 9.90. The highest BCUT2D eigenvalue weighted by molar-refractivity contribution is 8.15. The summed E-state index contributed by atoms with van der Waals surface area (Å²) in [5.74, 6) is 0. The summed E-state index contributed by atoms with van der Waals surface area (Å²) in [6.07, 6.45) is -0.425. The minimum absolute atomic E-state index is 0.0921. The first-order valence-corrected chi connectivity index (χ1v) is 5.02. The fraction of sp³-hybridized carbons (Fsp3) is 0.750. The molecule has 13 heavy (non-hydrogen) atoms. The average Bonchev–Trinajstić information content (AvgIpc) is 2.30. The van der Waals surface area contributed by atoms with Crippen LogP contribution in [0.25, 0.3) is 0 Å². The van der Waals surface area contributed by atoms with E-state index in [0.29, 0.717) is 11.8 Å². The minimum atomic E-state index is -0.425. The van der Waals surface area contributed by atoms with E-state index >= 15 is 0 Å². The molecule has 0 spiro atoms. The van der Waals surface area contributed by atoms with E-state index in [1.54, 1.807) is 18.7 Å². The van der Waals surface area contributed by atoms with Gasteiger partial charge in [-0.15, -0.1) is 0 Å². The zero-order valence-electron chi connectivity index (χ0n) is 8.09. The van der Waals surface area contributed by atoms with Gasteiger partial charge in [-0.3, -0.25) is 10.3 Å². The summed E-state index contributed by atoms with van der Waals surface area (Å²) >= 11 is 1.56. The summed E-state index contributed by atoms with van der Waals surface area (Å²) in [5.41, 5.74) is 0. The van der Waals surface area contributed by atoms with Gasteiger partial charge in [0.15, 0.2) is 5.17 Å². The van der Waals surface area contributed by atoms with Gasteiger partial charge in [-0.2, -0.15) is 0 Å². The van der Waals surface area contributed by atoms with E-state index in [9.17, 15) is 4.79 Å². The number of hydrogen-bond donors (Lipinski definition) is 1. The van der Waals surface area contributed by atoms with E-state index in [1.165, 1.54) is 0 Å². The van der Waals surface area contributed by atoms with Crippen molar-refractivity contribution >= 4 is 23.0 Å². The molecular weight excluding hydrogens is 188 g/mol. The lowest BCUT2D eigenvalue weighted by molar-refractivity contribution is 0.158. The molecule has 0 saturated carbocycles. The van der Waals surface area contributed by atoms with Gasteiger partial charge >= 0.3 is 6.09 Å². The summed E-state index contributed by atoms with van der Waals surface area (Å²) in [4.78, 5) is 15.2. The van der Waals surface area contributed by atoms with Crippen LogP contribution in [0.2, 0.25) is 0 Å². The molecule has 0 radical (unpaired) electrons. The molecule has 74 valence electrons. The molecule has 1 amide bonds. The van der Waals surface area contributed by atoms with Gasteiger partial charge in [0, 0.05) is 4.75 Å². The summed E-state index contributed by atoms with van der Waals surface area (Å²) in [7, 11) is 0. The van der Waals surface area contributed by atoms with Crippen LogP contribution in [-0.2, 0) is 4.74 Å². The van der Waals surface area contributed by atoms with Crippen molar-refractivity contribution in [2.24, 2.45) is 4.99 Å². The number of alkyl carbamates (subject to hydrolysis) is 1. The summed E-state index contributed by atoms with van der Waals surface area (Å²) in [6.45, 7) is 7.06. The minimum Gasteiger partial charge on any atom is -0.450 e. The van der Waals surface area contributed by atoms with Crippen molar-refractivity contribution in [1.29, 1.82) is 0 Å². The molecular formula is C8H14N2O2S. The second kappa shape index (κ2) is 4.00. The topological polar surface area (TPSA) is 50.7 Å². The van der Waals surface area contributed by atoms with E-state index in [1.807, 2.05) is 0 Å². The predicted octanol–water partition coefficient (Wildman–Crippen LogP) is 1.61. The third-order valence-electron chi connectivity index (χ3n) is 1.46. The van der Waals surface area contributed by atoms with E-state index in [4.69, 9.17) is 4.74 Å². The summed E-state index contributed by atoms with van der Waals surface area (Å²) < 4.78 is 4.82. The van der Waals surface area contributed by atoms with Crippen molar-refractivity contribution in [2.75, 3.05) is 13.2 Å². The first kappa shape index (κ1) is 10.4. The zero-order valence-corrected chi connectivity index (χ0v) is 8.90. The van der Waals surface area contributed by atoms with Gasteiger partial charge in [0.05, 0.1) is 13.2 Å². The normalized spacial score (nSPS) is 19.5. The molecule has 0 bridgehead atoms. The Balaban J connectivity index is 2.36. The van der Waals surface area contributed by atoms with Gasteiger partial charge in [-0.05, 0) is 20.8 Å². The Morgan fingerprint density at radius 1 is 1.77 bits per heavy atom. The van der Waals surface area contributed by atoms with Crippen LogP contribution in [0.5, 0.6) is 0 Å². The lowest BCUT2D eigenvalue weighted by atomic mass is 10.2. The van der Waals surface area contributed by atoms with Crippen molar-refractivity contribution in [2.45, 2.75) is 25.5 Å². The highest BCUT2D eigenvalue weighted by Gasteiger charge is 2.28. The van der Waals surface area contributed by atoms with Crippen molar-refractivity contribution < 1.29 is 9.53 Å². The Labute approximate surface area is 82.1 Å². The van der Waals surface area contributed by atoms with Crippen LogP contribution in [0, 0.1) is 0 Å². The second-order valence-electron chi connectivity index (χ2n) is 3.33. The molecule has 4 nitrogen and oxygen atoms in total. The van der Waals surface area contributed by atoms with Crippen LogP contribution < -0.4 is 5.32 Å². The molecule has 5 heteroatoms. The van der Waals surface area contributed by atoms with Gasteiger partial charge in [-0.25, -0.2) is 4.79 Å².